The Balaban J connectivity index is 2.20. The molecule has 2 heteroatoms. The fourth-order valence-electron chi connectivity index (χ4n) is 2.52. The summed E-state index contributed by atoms with van der Waals surface area (Å²) in [7, 11) is 4.24. The first-order chi connectivity index (χ1) is 10.7. The van der Waals surface area contributed by atoms with Gasteiger partial charge in [0.1, 0.15) is 5.75 Å². The van der Waals surface area contributed by atoms with Gasteiger partial charge in [0, 0.05) is 0 Å². The number of hydrogen-bond acceptors (Lipinski definition) is 2. The third kappa shape index (κ3) is 4.88. The lowest BCUT2D eigenvalue weighted by Gasteiger charge is -2.14. The van der Waals surface area contributed by atoms with Crippen molar-refractivity contribution in [1.29, 1.82) is 0 Å². The predicted molar refractivity (Wildman–Crippen MR) is 94.5 cm³/mol. The predicted octanol–water partition coefficient (Wildman–Crippen LogP) is 4.64. The Kier molecular flexibility index (Phi) is 6.47. The Morgan fingerprint density at radius 1 is 0.955 bits per heavy atom. The molecule has 0 fully saturated rings. The maximum absolute atomic E-state index is 5.92. The monoisotopic (exact) mass is 297 g/mol. The van der Waals surface area contributed by atoms with Crippen LogP contribution in [0, 0.1) is 0 Å². The zero-order valence-corrected chi connectivity index (χ0v) is 14.0. The lowest BCUT2D eigenvalue weighted by Crippen LogP contribution is -2.13. The van der Waals surface area contributed by atoms with E-state index in [0.29, 0.717) is 0 Å². The average Bonchev–Trinajstić information content (AvgIpc) is 2.54. The number of aryl methyl sites for hydroxylation is 1. The number of ether oxygens (including phenoxy) is 1. The molecule has 2 aromatic rings. The van der Waals surface area contributed by atoms with E-state index < -0.39 is 0 Å². The van der Waals surface area contributed by atoms with Crippen LogP contribution in [0.2, 0.25) is 0 Å². The highest BCUT2D eigenvalue weighted by atomic mass is 16.5. The molecule has 0 aliphatic rings. The van der Waals surface area contributed by atoms with E-state index in [1.54, 1.807) is 0 Å². The largest absolute Gasteiger partial charge is 0.493 e. The second kappa shape index (κ2) is 8.60. The highest BCUT2D eigenvalue weighted by Gasteiger charge is 2.07. The van der Waals surface area contributed by atoms with E-state index in [1.807, 2.05) is 0 Å². The first kappa shape index (κ1) is 16.6. The normalized spacial score (nSPS) is 10.9. The summed E-state index contributed by atoms with van der Waals surface area (Å²) in [6, 6.07) is 17.1. The quantitative estimate of drug-likeness (QED) is 0.704. The molecule has 0 amide bonds. The van der Waals surface area contributed by atoms with Gasteiger partial charge in [0.15, 0.2) is 0 Å². The van der Waals surface area contributed by atoms with Crippen molar-refractivity contribution in [3.8, 4) is 16.9 Å². The van der Waals surface area contributed by atoms with Crippen molar-refractivity contribution >= 4 is 0 Å². The highest BCUT2D eigenvalue weighted by Crippen LogP contribution is 2.28. The maximum atomic E-state index is 5.92. The van der Waals surface area contributed by atoms with Crippen molar-refractivity contribution in [2.45, 2.75) is 26.2 Å². The summed E-state index contributed by atoms with van der Waals surface area (Å²) >= 11 is 0. The molecule has 0 heterocycles. The minimum absolute atomic E-state index is 0.783. The highest BCUT2D eigenvalue weighted by molar-refractivity contribution is 5.65. The summed E-state index contributed by atoms with van der Waals surface area (Å²) in [5, 5.41) is 0. The number of rotatable bonds is 8. The van der Waals surface area contributed by atoms with Gasteiger partial charge in [-0.1, -0.05) is 43.3 Å². The summed E-state index contributed by atoms with van der Waals surface area (Å²) in [6.45, 7) is 4.03. The lowest BCUT2D eigenvalue weighted by molar-refractivity contribution is 0.313. The van der Waals surface area contributed by atoms with Crippen LogP contribution in [0.1, 0.15) is 25.3 Å². The van der Waals surface area contributed by atoms with E-state index in [0.717, 1.165) is 38.2 Å². The molecule has 2 rings (SSSR count). The second-order valence-electron chi connectivity index (χ2n) is 5.94. The zero-order valence-electron chi connectivity index (χ0n) is 14.0. The minimum Gasteiger partial charge on any atom is -0.493 e. The smallest absolute Gasteiger partial charge is 0.122 e. The van der Waals surface area contributed by atoms with Gasteiger partial charge in [0.05, 0.1) is 6.61 Å². The Morgan fingerprint density at radius 3 is 2.41 bits per heavy atom. The molecule has 2 nitrogen and oxygen atoms in total. The standard InChI is InChI=1S/C20H27NO/c1-4-15-22-20-13-12-18(17-9-6-5-7-10-17)16-19(20)11-8-14-21(2)3/h5-7,9-10,12-13,16H,4,8,11,14-15H2,1-3H3. The first-order valence-corrected chi connectivity index (χ1v) is 8.16. The van der Waals surface area contributed by atoms with Crippen LogP contribution in [-0.4, -0.2) is 32.1 Å². The molecule has 0 N–H and O–H groups in total. The van der Waals surface area contributed by atoms with Gasteiger partial charge in [0.2, 0.25) is 0 Å². The van der Waals surface area contributed by atoms with E-state index in [1.165, 1.54) is 16.7 Å². The molecule has 0 atom stereocenters. The molecule has 22 heavy (non-hydrogen) atoms. The molecule has 118 valence electrons. The third-order valence-corrected chi connectivity index (χ3v) is 3.68. The molecule has 0 spiro atoms. The van der Waals surface area contributed by atoms with Crippen molar-refractivity contribution in [3.63, 3.8) is 0 Å². The lowest BCUT2D eigenvalue weighted by atomic mass is 10.00. The summed E-state index contributed by atoms with van der Waals surface area (Å²) in [4.78, 5) is 2.23. The van der Waals surface area contributed by atoms with Gasteiger partial charge in [-0.25, -0.2) is 0 Å². The number of nitrogens with zero attached hydrogens (tertiary/aromatic N) is 1. The first-order valence-electron chi connectivity index (χ1n) is 8.16. The van der Waals surface area contributed by atoms with Crippen molar-refractivity contribution in [3.05, 3.63) is 54.1 Å². The van der Waals surface area contributed by atoms with Gasteiger partial charge in [-0.3, -0.25) is 0 Å². The molecule has 0 bridgehead atoms. The van der Waals surface area contributed by atoms with Crippen LogP contribution in [0.3, 0.4) is 0 Å². The molecule has 0 aliphatic heterocycles. The van der Waals surface area contributed by atoms with E-state index in [2.05, 4.69) is 74.4 Å². The number of benzene rings is 2. The average molecular weight is 297 g/mol. The number of hydrogen-bond donors (Lipinski definition) is 0. The van der Waals surface area contributed by atoms with Crippen molar-refractivity contribution < 1.29 is 4.74 Å². The van der Waals surface area contributed by atoms with Crippen LogP contribution in [0.25, 0.3) is 11.1 Å². The second-order valence-corrected chi connectivity index (χ2v) is 5.94. The van der Waals surface area contributed by atoms with Crippen LogP contribution >= 0.6 is 0 Å². The fraction of sp³-hybridized carbons (Fsp3) is 0.400. The molecule has 0 saturated carbocycles. The van der Waals surface area contributed by atoms with Gasteiger partial charge in [0.25, 0.3) is 0 Å². The fourth-order valence-corrected chi connectivity index (χ4v) is 2.52. The molecular formula is C20H27NO. The van der Waals surface area contributed by atoms with Gasteiger partial charge in [-0.15, -0.1) is 0 Å². The van der Waals surface area contributed by atoms with Gasteiger partial charge >= 0.3 is 0 Å². The summed E-state index contributed by atoms with van der Waals surface area (Å²) < 4.78 is 5.92. The Hall–Kier alpha value is -1.80. The van der Waals surface area contributed by atoms with Crippen LogP contribution in [0.15, 0.2) is 48.5 Å². The molecule has 0 saturated heterocycles. The van der Waals surface area contributed by atoms with Crippen molar-refractivity contribution in [1.82, 2.24) is 4.90 Å². The molecule has 0 aromatic heterocycles. The van der Waals surface area contributed by atoms with E-state index >= 15 is 0 Å². The van der Waals surface area contributed by atoms with Gasteiger partial charge < -0.3 is 9.64 Å². The molecule has 0 unspecified atom stereocenters. The summed E-state index contributed by atoms with van der Waals surface area (Å²) in [6.07, 6.45) is 3.24. The van der Waals surface area contributed by atoms with Crippen molar-refractivity contribution in [2.75, 3.05) is 27.2 Å². The molecule has 0 aliphatic carbocycles. The van der Waals surface area contributed by atoms with Gasteiger partial charge in [-0.2, -0.15) is 0 Å². The Morgan fingerprint density at radius 2 is 1.73 bits per heavy atom. The topological polar surface area (TPSA) is 12.5 Å². The molecule has 2 aromatic carbocycles. The van der Waals surface area contributed by atoms with Gasteiger partial charge in [-0.05, 0) is 68.7 Å². The molecule has 0 radical (unpaired) electrons. The third-order valence-electron chi connectivity index (χ3n) is 3.68. The van der Waals surface area contributed by atoms with Crippen LogP contribution in [0.5, 0.6) is 5.75 Å². The maximum Gasteiger partial charge on any atom is 0.122 e. The minimum atomic E-state index is 0.783. The van der Waals surface area contributed by atoms with Crippen molar-refractivity contribution in [2.24, 2.45) is 0 Å². The van der Waals surface area contributed by atoms with Crippen LogP contribution in [0.4, 0.5) is 0 Å². The SMILES string of the molecule is CCCOc1ccc(-c2ccccc2)cc1CCCN(C)C. The van der Waals surface area contributed by atoms with E-state index in [-0.39, 0.29) is 0 Å². The Bertz CT molecular complexity index is 563. The summed E-state index contributed by atoms with van der Waals surface area (Å²) in [5.74, 6) is 1.04. The summed E-state index contributed by atoms with van der Waals surface area (Å²) in [5.41, 5.74) is 3.85. The zero-order chi connectivity index (χ0) is 15.8. The Labute approximate surface area is 134 Å². The molecular weight excluding hydrogens is 270 g/mol. The van der Waals surface area contributed by atoms with Crippen LogP contribution < -0.4 is 4.74 Å². The van der Waals surface area contributed by atoms with E-state index in [4.69, 9.17) is 4.74 Å². The van der Waals surface area contributed by atoms with E-state index in [9.17, 15) is 0 Å². The van der Waals surface area contributed by atoms with Crippen LogP contribution in [-0.2, 0) is 6.42 Å².